The van der Waals surface area contributed by atoms with Crippen molar-refractivity contribution in [1.82, 2.24) is 19.5 Å². The minimum Gasteiger partial charge on any atom is -0.444 e. The Morgan fingerprint density at radius 3 is 2.59 bits per heavy atom. The van der Waals surface area contributed by atoms with Crippen LogP contribution in [-0.2, 0) is 4.74 Å². The van der Waals surface area contributed by atoms with Crippen molar-refractivity contribution in [3.05, 3.63) is 34.8 Å². The number of nitrogens with zero attached hydrogens (tertiary/aromatic N) is 4. The molecule has 0 aromatic carbocycles. The van der Waals surface area contributed by atoms with E-state index in [-0.39, 0.29) is 11.9 Å². The van der Waals surface area contributed by atoms with Gasteiger partial charge in [-0.2, -0.15) is 0 Å². The van der Waals surface area contributed by atoms with Gasteiger partial charge in [0.1, 0.15) is 11.4 Å². The standard InChI is InChI=1S/C24H36N4O4/c1-16-11-20(18(3)28(16)22-12-17(2)32-25-22)21(29)15-27-10-8-9-19(14-27)13-26(7)23(30)31-24(4,5)6/h11-12,19H,8-10,13-15H2,1-7H3. The van der Waals surface area contributed by atoms with Gasteiger partial charge in [0.25, 0.3) is 0 Å². The van der Waals surface area contributed by atoms with Crippen LogP contribution in [0.3, 0.4) is 0 Å². The summed E-state index contributed by atoms with van der Waals surface area (Å²) in [4.78, 5) is 29.3. The zero-order valence-corrected chi connectivity index (χ0v) is 20.4. The molecule has 1 unspecified atom stereocenters. The number of hydrogen-bond acceptors (Lipinski definition) is 6. The van der Waals surface area contributed by atoms with E-state index in [2.05, 4.69) is 10.1 Å². The van der Waals surface area contributed by atoms with Crippen molar-refractivity contribution in [1.29, 1.82) is 0 Å². The van der Waals surface area contributed by atoms with Crippen molar-refractivity contribution in [2.24, 2.45) is 5.92 Å². The van der Waals surface area contributed by atoms with Crippen LogP contribution in [0.4, 0.5) is 4.79 Å². The van der Waals surface area contributed by atoms with E-state index in [0.29, 0.717) is 24.8 Å². The first-order valence-electron chi connectivity index (χ1n) is 11.3. The van der Waals surface area contributed by atoms with E-state index in [0.717, 1.165) is 48.6 Å². The fraction of sp³-hybridized carbons (Fsp3) is 0.625. The molecule has 32 heavy (non-hydrogen) atoms. The Morgan fingerprint density at radius 2 is 1.97 bits per heavy atom. The number of hydrogen-bond donors (Lipinski definition) is 0. The smallest absolute Gasteiger partial charge is 0.410 e. The Morgan fingerprint density at radius 1 is 1.25 bits per heavy atom. The number of likely N-dealkylation sites (tertiary alicyclic amines) is 1. The SMILES string of the molecule is Cc1cc(-n2c(C)cc(C(=O)CN3CCCC(CN(C)C(=O)OC(C)(C)C)C3)c2C)no1. The minimum absolute atomic E-state index is 0.103. The molecule has 1 aliphatic rings. The van der Waals surface area contributed by atoms with Crippen LogP contribution in [0.2, 0.25) is 0 Å². The van der Waals surface area contributed by atoms with Crippen LogP contribution in [0.25, 0.3) is 5.82 Å². The molecule has 3 rings (SSSR count). The number of aromatic nitrogens is 2. The number of ketones is 1. The second-order valence-electron chi connectivity index (χ2n) is 9.94. The summed E-state index contributed by atoms with van der Waals surface area (Å²) in [5, 5.41) is 4.09. The lowest BCUT2D eigenvalue weighted by molar-refractivity contribution is 0.0242. The lowest BCUT2D eigenvalue weighted by Gasteiger charge is -2.34. The Kier molecular flexibility index (Phi) is 7.12. The maximum absolute atomic E-state index is 13.1. The third-order valence-corrected chi connectivity index (χ3v) is 5.78. The highest BCUT2D eigenvalue weighted by atomic mass is 16.6. The lowest BCUT2D eigenvalue weighted by Crippen LogP contribution is -2.44. The third-order valence-electron chi connectivity index (χ3n) is 5.78. The van der Waals surface area contributed by atoms with Crippen molar-refractivity contribution in [2.45, 2.75) is 60.0 Å². The molecule has 8 nitrogen and oxygen atoms in total. The van der Waals surface area contributed by atoms with Gasteiger partial charge in [0, 0.05) is 43.2 Å². The van der Waals surface area contributed by atoms with Crippen LogP contribution >= 0.6 is 0 Å². The first-order valence-corrected chi connectivity index (χ1v) is 11.3. The molecule has 1 saturated heterocycles. The van der Waals surface area contributed by atoms with Gasteiger partial charge >= 0.3 is 6.09 Å². The van der Waals surface area contributed by atoms with Crippen molar-refractivity contribution >= 4 is 11.9 Å². The average molecular weight is 445 g/mol. The molecule has 0 saturated carbocycles. The number of amides is 1. The Balaban J connectivity index is 1.62. The van der Waals surface area contributed by atoms with Crippen LogP contribution in [0.15, 0.2) is 16.7 Å². The second kappa shape index (κ2) is 9.48. The summed E-state index contributed by atoms with van der Waals surface area (Å²) >= 11 is 0. The molecule has 1 fully saturated rings. The van der Waals surface area contributed by atoms with Crippen LogP contribution in [0, 0.1) is 26.7 Å². The fourth-order valence-corrected chi connectivity index (χ4v) is 4.39. The summed E-state index contributed by atoms with van der Waals surface area (Å²) in [7, 11) is 1.78. The van der Waals surface area contributed by atoms with E-state index in [1.165, 1.54) is 0 Å². The Hall–Kier alpha value is -2.61. The highest BCUT2D eigenvalue weighted by Crippen LogP contribution is 2.23. The van der Waals surface area contributed by atoms with Gasteiger partial charge in [-0.05, 0) is 72.9 Å². The summed E-state index contributed by atoms with van der Waals surface area (Å²) in [6, 6.07) is 3.80. The van der Waals surface area contributed by atoms with Crippen molar-refractivity contribution in [3.63, 3.8) is 0 Å². The van der Waals surface area contributed by atoms with E-state index in [1.54, 1.807) is 11.9 Å². The molecule has 2 aromatic rings. The van der Waals surface area contributed by atoms with Crippen LogP contribution in [0.1, 0.15) is 61.1 Å². The van der Waals surface area contributed by atoms with Gasteiger partial charge in [0.15, 0.2) is 11.6 Å². The van der Waals surface area contributed by atoms with Crippen molar-refractivity contribution < 1.29 is 18.8 Å². The molecule has 0 bridgehead atoms. The maximum Gasteiger partial charge on any atom is 0.410 e. The third kappa shape index (κ3) is 5.79. The molecule has 176 valence electrons. The number of ether oxygens (including phenoxy) is 1. The van der Waals surface area contributed by atoms with Gasteiger partial charge in [-0.1, -0.05) is 5.16 Å². The summed E-state index contributed by atoms with van der Waals surface area (Å²) in [6.07, 6.45) is 1.75. The molecule has 0 N–H and O–H groups in total. The summed E-state index contributed by atoms with van der Waals surface area (Å²) in [6.45, 7) is 14.0. The Labute approximate surface area is 190 Å². The quantitative estimate of drug-likeness (QED) is 0.623. The predicted molar refractivity (Wildman–Crippen MR) is 122 cm³/mol. The average Bonchev–Trinajstić information content (AvgIpc) is 3.22. The molecule has 1 aliphatic heterocycles. The molecular formula is C24H36N4O4. The first-order chi connectivity index (χ1) is 14.9. The number of Topliss-reactive ketones (excluding diaryl/α,β-unsaturated/α-hetero) is 1. The van der Waals surface area contributed by atoms with Gasteiger partial charge in [-0.3, -0.25) is 14.3 Å². The number of carbonyl (C=O) groups excluding carboxylic acids is 2. The van der Waals surface area contributed by atoms with E-state index >= 15 is 0 Å². The molecule has 2 aromatic heterocycles. The summed E-state index contributed by atoms with van der Waals surface area (Å²) in [5.41, 5.74) is 2.04. The molecule has 8 heteroatoms. The number of rotatable bonds is 6. The van der Waals surface area contributed by atoms with Crippen LogP contribution in [0.5, 0.6) is 0 Å². The van der Waals surface area contributed by atoms with Gasteiger partial charge in [0.05, 0.1) is 6.54 Å². The minimum atomic E-state index is -0.507. The van der Waals surface area contributed by atoms with Gasteiger partial charge in [-0.15, -0.1) is 0 Å². The van der Waals surface area contributed by atoms with E-state index < -0.39 is 5.60 Å². The lowest BCUT2D eigenvalue weighted by atomic mass is 9.97. The zero-order valence-electron chi connectivity index (χ0n) is 20.4. The molecule has 0 radical (unpaired) electrons. The largest absolute Gasteiger partial charge is 0.444 e. The summed E-state index contributed by atoms with van der Waals surface area (Å²) < 4.78 is 12.6. The zero-order chi connectivity index (χ0) is 23.6. The maximum atomic E-state index is 13.1. The summed E-state index contributed by atoms with van der Waals surface area (Å²) in [5.74, 6) is 1.85. The second-order valence-corrected chi connectivity index (χ2v) is 9.94. The van der Waals surface area contributed by atoms with Crippen molar-refractivity contribution in [3.8, 4) is 5.82 Å². The van der Waals surface area contributed by atoms with E-state index in [9.17, 15) is 9.59 Å². The topological polar surface area (TPSA) is 80.8 Å². The molecule has 1 amide bonds. The fourth-order valence-electron chi connectivity index (χ4n) is 4.39. The molecule has 0 spiro atoms. The Bertz CT molecular complexity index is 969. The van der Waals surface area contributed by atoms with Crippen molar-refractivity contribution in [2.75, 3.05) is 33.2 Å². The van der Waals surface area contributed by atoms with Crippen LogP contribution < -0.4 is 0 Å². The number of aryl methyl sites for hydroxylation is 2. The molecule has 3 heterocycles. The van der Waals surface area contributed by atoms with Crippen LogP contribution in [-0.4, -0.2) is 70.2 Å². The monoisotopic (exact) mass is 444 g/mol. The van der Waals surface area contributed by atoms with E-state index in [4.69, 9.17) is 9.26 Å². The predicted octanol–water partition coefficient (Wildman–Crippen LogP) is 4.15. The number of carbonyl (C=O) groups is 2. The molecular weight excluding hydrogens is 408 g/mol. The molecule has 0 aliphatic carbocycles. The normalized spacial score (nSPS) is 17.4. The van der Waals surface area contributed by atoms with E-state index in [1.807, 2.05) is 58.2 Å². The number of piperidine rings is 1. The highest BCUT2D eigenvalue weighted by Gasteiger charge is 2.27. The van der Waals surface area contributed by atoms with Gasteiger partial charge in [0.2, 0.25) is 0 Å². The molecule has 1 atom stereocenters. The highest BCUT2D eigenvalue weighted by molar-refractivity contribution is 5.99. The van der Waals surface area contributed by atoms with Gasteiger partial charge < -0.3 is 14.2 Å². The van der Waals surface area contributed by atoms with Gasteiger partial charge in [-0.25, -0.2) is 4.79 Å². The first kappa shape index (κ1) is 24.0.